The molecule has 0 heterocycles. The van der Waals surface area contributed by atoms with Crippen molar-refractivity contribution in [3.05, 3.63) is 57.5 Å². The molecule has 22 heavy (non-hydrogen) atoms. The molecule has 1 aromatic rings. The van der Waals surface area contributed by atoms with Gasteiger partial charge in [-0.05, 0) is 0 Å². The maximum absolute atomic E-state index is 2.58. The van der Waals surface area contributed by atoms with Gasteiger partial charge in [0.15, 0.2) is 0 Å². The van der Waals surface area contributed by atoms with Crippen LogP contribution in [0.5, 0.6) is 0 Å². The first-order valence-electron chi connectivity index (χ1n) is 7.23. The van der Waals surface area contributed by atoms with E-state index < -0.39 is 22.9 Å². The van der Waals surface area contributed by atoms with Crippen LogP contribution >= 0.6 is 37.2 Å². The molecule has 0 fully saturated rings. The van der Waals surface area contributed by atoms with E-state index in [0.717, 1.165) is 3.67 Å². The standard InChI is InChI=1S/C12H18N.C5H5.3ClH.Hf/c1-3-13(4-2)11-10-12-8-6-5-7-9-12;1-2-4-5-3-1;;;;/h5-10H,3-4,11H2,1-2H3;1-3H,4H2;3*1H;. The van der Waals surface area contributed by atoms with Gasteiger partial charge in [0.05, 0.1) is 0 Å². The normalized spacial score (nSPS) is 13.5. The summed E-state index contributed by atoms with van der Waals surface area (Å²) in [5, 5.41) is 0. The molecule has 5 heteroatoms. The van der Waals surface area contributed by atoms with Gasteiger partial charge in [-0.15, -0.1) is 37.2 Å². The summed E-state index contributed by atoms with van der Waals surface area (Å²) in [4.78, 5) is 2.58. The summed E-state index contributed by atoms with van der Waals surface area (Å²) in [6.07, 6.45) is 8.15. The van der Waals surface area contributed by atoms with Gasteiger partial charge in [0.2, 0.25) is 0 Å². The van der Waals surface area contributed by atoms with Crippen molar-refractivity contribution < 1.29 is 22.9 Å². The number of rotatable bonds is 7. The van der Waals surface area contributed by atoms with Crippen molar-refractivity contribution in [2.75, 3.05) is 19.6 Å². The fraction of sp³-hybridized carbons (Fsp3) is 0.412. The number of hydrogen-bond donors (Lipinski definition) is 0. The molecule has 1 aliphatic rings. The van der Waals surface area contributed by atoms with Gasteiger partial charge in [-0.1, -0.05) is 0 Å². The minimum absolute atomic E-state index is 0. The van der Waals surface area contributed by atoms with Crippen molar-refractivity contribution >= 4 is 37.2 Å². The zero-order valence-corrected chi connectivity index (χ0v) is 19.2. The fourth-order valence-corrected chi connectivity index (χ4v) is 8.13. The van der Waals surface area contributed by atoms with Crippen LogP contribution in [0.3, 0.4) is 0 Å². The van der Waals surface area contributed by atoms with E-state index in [2.05, 4.69) is 67.3 Å². The molecule has 0 saturated heterocycles. The fourth-order valence-electron chi connectivity index (χ4n) is 2.44. The summed E-state index contributed by atoms with van der Waals surface area (Å²) < 4.78 is 2.58. The SMILES string of the molecule is CCN(CC)C[CH]([Hf][C]1=CC=CC1)c1ccccc1.Cl.Cl.Cl. The quantitative estimate of drug-likeness (QED) is 0.436. The predicted octanol–water partition coefficient (Wildman–Crippen LogP) is 5.26. The molecular weight excluding hydrogens is 503 g/mol. The van der Waals surface area contributed by atoms with Crippen molar-refractivity contribution in [2.45, 2.75) is 23.9 Å². The van der Waals surface area contributed by atoms with Gasteiger partial charge in [0, 0.05) is 0 Å². The van der Waals surface area contributed by atoms with Crippen molar-refractivity contribution in [3.63, 3.8) is 0 Å². The number of nitrogens with zero attached hydrogens (tertiary/aromatic N) is 1. The molecule has 0 aromatic heterocycles. The Morgan fingerprint density at radius 1 is 1.05 bits per heavy atom. The van der Waals surface area contributed by atoms with E-state index in [9.17, 15) is 0 Å². The average molecular weight is 529 g/mol. The van der Waals surface area contributed by atoms with Gasteiger partial charge >= 0.3 is 129 Å². The van der Waals surface area contributed by atoms with Crippen LogP contribution < -0.4 is 0 Å². The number of benzene rings is 1. The van der Waals surface area contributed by atoms with Crippen LogP contribution in [0.15, 0.2) is 51.9 Å². The summed E-state index contributed by atoms with van der Waals surface area (Å²) in [6.45, 7) is 8.13. The molecule has 124 valence electrons. The molecule has 1 unspecified atom stereocenters. The van der Waals surface area contributed by atoms with Crippen LogP contribution in [0.1, 0.15) is 29.5 Å². The first-order chi connectivity index (χ1) is 9.33. The molecule has 1 atom stereocenters. The van der Waals surface area contributed by atoms with Crippen molar-refractivity contribution in [3.8, 4) is 0 Å². The van der Waals surface area contributed by atoms with Crippen LogP contribution in [0.25, 0.3) is 0 Å². The molecule has 0 N–H and O–H groups in total. The smallest absolute Gasteiger partial charge is 0.147 e. The van der Waals surface area contributed by atoms with Crippen molar-refractivity contribution in [1.29, 1.82) is 0 Å². The van der Waals surface area contributed by atoms with Gasteiger partial charge in [-0.25, -0.2) is 0 Å². The van der Waals surface area contributed by atoms with Crippen molar-refractivity contribution in [1.82, 2.24) is 4.90 Å². The Labute approximate surface area is 165 Å². The molecule has 0 saturated carbocycles. The second-order valence-corrected chi connectivity index (χ2v) is 10.8. The Bertz CT molecular complexity index is 444. The van der Waals surface area contributed by atoms with Crippen LogP contribution in [0.2, 0.25) is 0 Å². The summed E-state index contributed by atoms with van der Waals surface area (Å²) >= 11 is -0.757. The predicted molar refractivity (Wildman–Crippen MR) is 101 cm³/mol. The zero-order chi connectivity index (χ0) is 13.5. The number of likely N-dealkylation sites (N-methyl/N-ethyl adjacent to an activating group) is 1. The minimum Gasteiger partial charge on any atom is -0.147 e. The molecule has 1 aromatic carbocycles. The Morgan fingerprint density at radius 3 is 2.18 bits per heavy atom. The molecule has 2 rings (SSSR count). The van der Waals surface area contributed by atoms with Gasteiger partial charge in [0.25, 0.3) is 0 Å². The zero-order valence-electron chi connectivity index (χ0n) is 13.2. The van der Waals surface area contributed by atoms with Crippen LogP contribution in [0, 0.1) is 0 Å². The third-order valence-electron chi connectivity index (χ3n) is 3.67. The monoisotopic (exact) mass is 529 g/mol. The van der Waals surface area contributed by atoms with Crippen LogP contribution in [0.4, 0.5) is 0 Å². The molecule has 0 spiro atoms. The largest absolute Gasteiger partial charge is 0.147 e. The molecule has 0 aliphatic heterocycles. The summed E-state index contributed by atoms with van der Waals surface area (Å²) in [6, 6.07) is 11.2. The Balaban J connectivity index is 0. The second-order valence-electron chi connectivity index (χ2n) is 4.92. The summed E-state index contributed by atoms with van der Waals surface area (Å²) in [5.74, 6) is 0. The molecule has 0 bridgehead atoms. The van der Waals surface area contributed by atoms with E-state index in [1.165, 1.54) is 26.1 Å². The van der Waals surface area contributed by atoms with Gasteiger partial charge < -0.3 is 0 Å². The Hall–Kier alpha value is 0.400. The molecule has 0 radical (unpaired) electrons. The average Bonchev–Trinajstić information content (AvgIpc) is 2.97. The molecule has 1 aliphatic carbocycles. The van der Waals surface area contributed by atoms with Crippen molar-refractivity contribution in [2.24, 2.45) is 0 Å². The van der Waals surface area contributed by atoms with Gasteiger partial charge in [-0.2, -0.15) is 0 Å². The van der Waals surface area contributed by atoms with E-state index >= 15 is 0 Å². The summed E-state index contributed by atoms with van der Waals surface area (Å²) in [7, 11) is 0. The van der Waals surface area contributed by atoms with E-state index in [4.69, 9.17) is 0 Å². The van der Waals surface area contributed by atoms with E-state index in [1.807, 2.05) is 0 Å². The molecule has 0 amide bonds. The van der Waals surface area contributed by atoms with E-state index in [1.54, 1.807) is 8.89 Å². The van der Waals surface area contributed by atoms with E-state index in [0.29, 0.717) is 0 Å². The third kappa shape index (κ3) is 7.79. The number of halogens is 3. The van der Waals surface area contributed by atoms with Crippen LogP contribution in [-0.4, -0.2) is 24.5 Å². The number of allylic oxidation sites excluding steroid dienone is 4. The van der Waals surface area contributed by atoms with Gasteiger partial charge in [0.1, 0.15) is 0 Å². The topological polar surface area (TPSA) is 3.24 Å². The van der Waals surface area contributed by atoms with E-state index in [-0.39, 0.29) is 37.2 Å². The van der Waals surface area contributed by atoms with Gasteiger partial charge in [-0.3, -0.25) is 0 Å². The Morgan fingerprint density at radius 2 is 1.68 bits per heavy atom. The first kappa shape index (κ1) is 24.7. The maximum atomic E-state index is 2.58. The summed E-state index contributed by atoms with van der Waals surface area (Å²) in [5.41, 5.74) is 1.56. The molecular formula is C17H26Cl3HfN. The minimum atomic E-state index is -0.757. The number of hydrogen-bond acceptors (Lipinski definition) is 1. The Kier molecular flexibility index (Phi) is 15.5. The molecule has 1 nitrogen and oxygen atoms in total. The van der Waals surface area contributed by atoms with Crippen LogP contribution in [-0.2, 0) is 22.9 Å². The second kappa shape index (κ2) is 13.8. The maximum Gasteiger partial charge on any atom is -0.147 e. The third-order valence-corrected chi connectivity index (χ3v) is 9.44. The first-order valence-corrected chi connectivity index (χ1v) is 11.1.